The zero-order valence-electron chi connectivity index (χ0n) is 9.60. The van der Waals surface area contributed by atoms with Crippen LogP contribution in [-0.2, 0) is 5.54 Å². The first kappa shape index (κ1) is 13.0. The van der Waals surface area contributed by atoms with Crippen molar-refractivity contribution in [1.29, 1.82) is 0 Å². The molecule has 2 aromatic rings. The molecule has 1 aliphatic rings. The minimum atomic E-state index is -0.479. The third kappa shape index (κ3) is 2.00. The quantitative estimate of drug-likeness (QED) is 0.910. The van der Waals surface area contributed by atoms with Crippen LogP contribution in [0.3, 0.4) is 0 Å². The molecule has 6 heteroatoms. The van der Waals surface area contributed by atoms with Crippen molar-refractivity contribution in [3.8, 4) is 11.5 Å². The van der Waals surface area contributed by atoms with E-state index in [2.05, 4.69) is 10.1 Å². The Balaban J connectivity index is 0.00000120. The van der Waals surface area contributed by atoms with Gasteiger partial charge >= 0.3 is 0 Å². The Morgan fingerprint density at radius 1 is 1.28 bits per heavy atom. The molecule has 1 saturated carbocycles. The molecule has 1 aromatic heterocycles. The van der Waals surface area contributed by atoms with Crippen molar-refractivity contribution in [2.24, 2.45) is 5.73 Å². The molecule has 1 aromatic carbocycles. The summed E-state index contributed by atoms with van der Waals surface area (Å²) in [5.74, 6) is 0.291. The molecule has 0 atom stereocenters. The average molecular weight is 270 g/mol. The topological polar surface area (TPSA) is 64.9 Å². The van der Waals surface area contributed by atoms with Crippen molar-refractivity contribution in [3.05, 3.63) is 35.9 Å². The second-order valence-electron chi connectivity index (χ2n) is 4.41. The molecule has 3 rings (SSSR count). The zero-order chi connectivity index (χ0) is 11.9. The van der Waals surface area contributed by atoms with Crippen LogP contribution in [0.4, 0.5) is 4.39 Å². The molecule has 0 saturated heterocycles. The van der Waals surface area contributed by atoms with E-state index in [0.717, 1.165) is 19.3 Å². The molecule has 0 radical (unpaired) electrons. The van der Waals surface area contributed by atoms with Gasteiger partial charge < -0.3 is 10.3 Å². The summed E-state index contributed by atoms with van der Waals surface area (Å²) >= 11 is 0. The maximum absolute atomic E-state index is 13.5. The normalized spacial score (nSPS) is 16.8. The number of nitrogens with two attached hydrogens (primary N) is 1. The van der Waals surface area contributed by atoms with Gasteiger partial charge in [0, 0.05) is 0 Å². The molecule has 1 heterocycles. The predicted molar refractivity (Wildman–Crippen MR) is 66.7 cm³/mol. The minimum absolute atomic E-state index is 0. The van der Waals surface area contributed by atoms with E-state index in [9.17, 15) is 4.39 Å². The second-order valence-corrected chi connectivity index (χ2v) is 4.41. The standard InChI is InChI=1S/C12H12FN3O.ClH/c13-9-5-2-1-4-8(9)10-15-11(16-17-10)12(14)6-3-7-12;/h1-2,4-5H,3,6-7,14H2;1H. The van der Waals surface area contributed by atoms with Gasteiger partial charge in [0.2, 0.25) is 0 Å². The van der Waals surface area contributed by atoms with Gasteiger partial charge in [-0.3, -0.25) is 0 Å². The van der Waals surface area contributed by atoms with Gasteiger partial charge in [0.25, 0.3) is 5.89 Å². The Bertz CT molecular complexity index is 554. The van der Waals surface area contributed by atoms with Gasteiger partial charge in [-0.1, -0.05) is 17.3 Å². The van der Waals surface area contributed by atoms with E-state index in [1.807, 2.05) is 0 Å². The van der Waals surface area contributed by atoms with E-state index in [-0.39, 0.29) is 24.1 Å². The molecule has 0 spiro atoms. The van der Waals surface area contributed by atoms with Gasteiger partial charge in [-0.2, -0.15) is 4.98 Å². The lowest BCUT2D eigenvalue weighted by atomic mass is 9.77. The molecule has 0 amide bonds. The summed E-state index contributed by atoms with van der Waals surface area (Å²) in [5, 5.41) is 3.85. The van der Waals surface area contributed by atoms with Gasteiger partial charge in [0.1, 0.15) is 5.82 Å². The van der Waals surface area contributed by atoms with Crippen LogP contribution in [-0.4, -0.2) is 10.1 Å². The molecule has 4 nitrogen and oxygen atoms in total. The third-order valence-electron chi connectivity index (χ3n) is 3.22. The van der Waals surface area contributed by atoms with Crippen molar-refractivity contribution in [2.75, 3.05) is 0 Å². The first-order valence-corrected chi connectivity index (χ1v) is 5.57. The first-order chi connectivity index (χ1) is 8.19. The number of benzene rings is 1. The Kier molecular flexibility index (Phi) is 3.36. The smallest absolute Gasteiger partial charge is 0.260 e. The van der Waals surface area contributed by atoms with Crippen molar-refractivity contribution in [2.45, 2.75) is 24.8 Å². The highest BCUT2D eigenvalue weighted by molar-refractivity contribution is 5.85. The van der Waals surface area contributed by atoms with Gasteiger partial charge in [0.15, 0.2) is 5.82 Å². The average Bonchev–Trinajstić information content (AvgIpc) is 2.76. The molecule has 0 aliphatic heterocycles. The van der Waals surface area contributed by atoms with E-state index in [1.54, 1.807) is 18.2 Å². The van der Waals surface area contributed by atoms with Crippen LogP contribution in [0.5, 0.6) is 0 Å². The Morgan fingerprint density at radius 3 is 2.61 bits per heavy atom. The van der Waals surface area contributed by atoms with Crippen LogP contribution < -0.4 is 5.73 Å². The molecule has 1 aliphatic carbocycles. The van der Waals surface area contributed by atoms with Gasteiger partial charge in [-0.05, 0) is 31.4 Å². The molecule has 0 unspecified atom stereocenters. The highest BCUT2D eigenvalue weighted by Crippen LogP contribution is 2.37. The Hall–Kier alpha value is -1.46. The van der Waals surface area contributed by atoms with Crippen LogP contribution in [0, 0.1) is 5.82 Å². The highest BCUT2D eigenvalue weighted by atomic mass is 35.5. The minimum Gasteiger partial charge on any atom is -0.334 e. The number of hydrogen-bond acceptors (Lipinski definition) is 4. The number of hydrogen-bond donors (Lipinski definition) is 1. The van der Waals surface area contributed by atoms with Crippen molar-refractivity contribution >= 4 is 12.4 Å². The lowest BCUT2D eigenvalue weighted by Crippen LogP contribution is -2.44. The van der Waals surface area contributed by atoms with Crippen molar-refractivity contribution in [1.82, 2.24) is 10.1 Å². The number of aromatic nitrogens is 2. The number of rotatable bonds is 2. The molecular weight excluding hydrogens is 257 g/mol. The maximum Gasteiger partial charge on any atom is 0.260 e. The summed E-state index contributed by atoms with van der Waals surface area (Å²) < 4.78 is 18.6. The molecule has 1 fully saturated rings. The van der Waals surface area contributed by atoms with E-state index in [1.165, 1.54) is 6.07 Å². The van der Waals surface area contributed by atoms with Gasteiger partial charge in [-0.15, -0.1) is 12.4 Å². The maximum atomic E-state index is 13.5. The Labute approximate surface area is 110 Å². The largest absolute Gasteiger partial charge is 0.334 e. The summed E-state index contributed by atoms with van der Waals surface area (Å²) in [6, 6.07) is 6.31. The van der Waals surface area contributed by atoms with Gasteiger partial charge in [0.05, 0.1) is 11.1 Å². The lowest BCUT2D eigenvalue weighted by molar-refractivity contribution is 0.229. The van der Waals surface area contributed by atoms with E-state index >= 15 is 0 Å². The fourth-order valence-corrected chi connectivity index (χ4v) is 1.95. The van der Waals surface area contributed by atoms with Crippen LogP contribution in [0.2, 0.25) is 0 Å². The summed E-state index contributed by atoms with van der Waals surface area (Å²) in [5.41, 5.74) is 5.91. The fraction of sp³-hybridized carbons (Fsp3) is 0.333. The van der Waals surface area contributed by atoms with Crippen LogP contribution in [0.1, 0.15) is 25.1 Å². The molecule has 18 heavy (non-hydrogen) atoms. The second kappa shape index (κ2) is 4.66. The lowest BCUT2D eigenvalue weighted by Gasteiger charge is -2.34. The predicted octanol–water partition coefficient (Wildman–Crippen LogP) is 2.64. The summed E-state index contributed by atoms with van der Waals surface area (Å²) in [7, 11) is 0. The monoisotopic (exact) mass is 269 g/mol. The third-order valence-corrected chi connectivity index (χ3v) is 3.22. The molecule has 96 valence electrons. The molecular formula is C12H13ClFN3O. The summed E-state index contributed by atoms with van der Waals surface area (Å²) in [6.45, 7) is 0. The zero-order valence-corrected chi connectivity index (χ0v) is 10.4. The van der Waals surface area contributed by atoms with Crippen LogP contribution >= 0.6 is 12.4 Å². The summed E-state index contributed by atoms with van der Waals surface area (Å²) in [6.07, 6.45) is 2.77. The van der Waals surface area contributed by atoms with E-state index in [4.69, 9.17) is 10.3 Å². The first-order valence-electron chi connectivity index (χ1n) is 5.57. The number of halogens is 2. The SMILES string of the molecule is Cl.NC1(c2noc(-c3ccccc3F)n2)CCC1. The van der Waals surface area contributed by atoms with E-state index < -0.39 is 5.54 Å². The van der Waals surface area contributed by atoms with Gasteiger partial charge in [-0.25, -0.2) is 4.39 Å². The van der Waals surface area contributed by atoms with Crippen molar-refractivity contribution in [3.63, 3.8) is 0 Å². The van der Waals surface area contributed by atoms with Crippen LogP contribution in [0.15, 0.2) is 28.8 Å². The Morgan fingerprint density at radius 2 is 2.00 bits per heavy atom. The number of nitrogens with zero attached hydrogens (tertiary/aromatic N) is 2. The fourth-order valence-electron chi connectivity index (χ4n) is 1.95. The molecule has 2 N–H and O–H groups in total. The van der Waals surface area contributed by atoms with Crippen molar-refractivity contribution < 1.29 is 8.91 Å². The van der Waals surface area contributed by atoms with E-state index in [0.29, 0.717) is 11.4 Å². The summed E-state index contributed by atoms with van der Waals surface area (Å²) in [4.78, 5) is 4.19. The van der Waals surface area contributed by atoms with Crippen LogP contribution in [0.25, 0.3) is 11.5 Å². The molecule has 0 bridgehead atoms. The highest BCUT2D eigenvalue weighted by Gasteiger charge is 2.39.